The Morgan fingerprint density at radius 1 is 1.42 bits per heavy atom. The van der Waals surface area contributed by atoms with Crippen LogP contribution in [0.5, 0.6) is 0 Å². The highest BCUT2D eigenvalue weighted by Crippen LogP contribution is 2.24. The van der Waals surface area contributed by atoms with Gasteiger partial charge in [0.05, 0.1) is 0 Å². The fraction of sp³-hybridized carbons (Fsp3) is 0.0909. The van der Waals surface area contributed by atoms with Crippen molar-refractivity contribution in [3.05, 3.63) is 47.5 Å². The van der Waals surface area contributed by atoms with Crippen LogP contribution in [0.3, 0.4) is 0 Å². The Kier molecular flexibility index (Phi) is 1.78. The van der Waals surface area contributed by atoms with Crippen LogP contribution in [0.4, 0.5) is 0 Å². The molecular formula is C11H9Cl. The van der Waals surface area contributed by atoms with E-state index >= 15 is 0 Å². The highest BCUT2D eigenvalue weighted by molar-refractivity contribution is 6.48. The summed E-state index contributed by atoms with van der Waals surface area (Å²) in [5, 5.41) is 0.615. The molecule has 0 spiro atoms. The first-order chi connectivity index (χ1) is 5.77. The molecule has 0 nitrogen and oxygen atoms in total. The monoisotopic (exact) mass is 176 g/mol. The first kappa shape index (κ1) is 7.63. The molecule has 0 radical (unpaired) electrons. The molecule has 0 atom stereocenters. The number of halogens is 1. The maximum atomic E-state index is 5.79. The largest absolute Gasteiger partial charge is 0.0843 e. The van der Waals surface area contributed by atoms with E-state index in [9.17, 15) is 0 Å². The van der Waals surface area contributed by atoms with Gasteiger partial charge in [-0.1, -0.05) is 42.5 Å². The van der Waals surface area contributed by atoms with Crippen LogP contribution in [0.15, 0.2) is 30.9 Å². The lowest BCUT2D eigenvalue weighted by atomic mass is 10.1. The summed E-state index contributed by atoms with van der Waals surface area (Å²) in [6, 6.07) is 6.19. The molecule has 0 heterocycles. The van der Waals surface area contributed by atoms with E-state index in [1.54, 1.807) is 0 Å². The van der Waals surface area contributed by atoms with Crippen molar-refractivity contribution >= 4 is 22.7 Å². The normalized spacial score (nSPS) is 13.1. The number of rotatable bonds is 1. The fourth-order valence-electron chi connectivity index (χ4n) is 1.43. The smallest absolute Gasteiger partial charge is 0.0406 e. The first-order valence-corrected chi connectivity index (χ1v) is 4.29. The molecule has 0 fully saturated rings. The predicted molar refractivity (Wildman–Crippen MR) is 54.1 cm³/mol. The SMILES string of the molecule is C=C(Cl)c1ccc2c(c1)CC=C2. The van der Waals surface area contributed by atoms with Crippen molar-refractivity contribution < 1.29 is 0 Å². The Hall–Kier alpha value is -1.01. The molecule has 0 saturated carbocycles. The summed E-state index contributed by atoms with van der Waals surface area (Å²) >= 11 is 5.79. The lowest BCUT2D eigenvalue weighted by Gasteiger charge is -2.01. The fourth-order valence-corrected chi connectivity index (χ4v) is 1.54. The van der Waals surface area contributed by atoms with E-state index in [-0.39, 0.29) is 0 Å². The van der Waals surface area contributed by atoms with Gasteiger partial charge in [-0.3, -0.25) is 0 Å². The van der Waals surface area contributed by atoms with Crippen molar-refractivity contribution in [1.82, 2.24) is 0 Å². The average molecular weight is 177 g/mol. The van der Waals surface area contributed by atoms with Crippen molar-refractivity contribution in [1.29, 1.82) is 0 Å². The molecule has 12 heavy (non-hydrogen) atoms. The van der Waals surface area contributed by atoms with Gasteiger partial charge in [0, 0.05) is 5.03 Å². The third kappa shape index (κ3) is 1.19. The van der Waals surface area contributed by atoms with Gasteiger partial charge >= 0.3 is 0 Å². The molecule has 0 saturated heterocycles. The molecular weight excluding hydrogens is 168 g/mol. The van der Waals surface area contributed by atoms with Gasteiger partial charge in [0.1, 0.15) is 0 Å². The van der Waals surface area contributed by atoms with Crippen LogP contribution in [0.2, 0.25) is 0 Å². The molecule has 0 unspecified atom stereocenters. The van der Waals surface area contributed by atoms with Gasteiger partial charge in [0.2, 0.25) is 0 Å². The summed E-state index contributed by atoms with van der Waals surface area (Å²) in [7, 11) is 0. The molecule has 0 aliphatic heterocycles. The van der Waals surface area contributed by atoms with Crippen LogP contribution in [-0.2, 0) is 6.42 Å². The second-order valence-corrected chi connectivity index (χ2v) is 3.38. The first-order valence-electron chi connectivity index (χ1n) is 3.91. The highest BCUT2D eigenvalue weighted by atomic mass is 35.5. The van der Waals surface area contributed by atoms with Crippen molar-refractivity contribution in [2.75, 3.05) is 0 Å². The second kappa shape index (κ2) is 2.80. The Labute approximate surface area is 77.2 Å². The van der Waals surface area contributed by atoms with E-state index in [0.29, 0.717) is 5.03 Å². The van der Waals surface area contributed by atoms with Gasteiger partial charge in [0.15, 0.2) is 0 Å². The van der Waals surface area contributed by atoms with Crippen LogP contribution in [0.1, 0.15) is 16.7 Å². The lowest BCUT2D eigenvalue weighted by molar-refractivity contribution is 1.30. The summed E-state index contributed by atoms with van der Waals surface area (Å²) in [5.74, 6) is 0. The average Bonchev–Trinajstić information content (AvgIpc) is 2.49. The Bertz CT molecular complexity index is 361. The topological polar surface area (TPSA) is 0 Å². The zero-order valence-corrected chi connectivity index (χ0v) is 7.43. The van der Waals surface area contributed by atoms with E-state index in [4.69, 9.17) is 11.6 Å². The van der Waals surface area contributed by atoms with Crippen LogP contribution in [-0.4, -0.2) is 0 Å². The molecule has 1 aromatic carbocycles. The molecule has 60 valence electrons. The quantitative estimate of drug-likeness (QED) is 0.615. The zero-order valence-electron chi connectivity index (χ0n) is 6.68. The molecule has 0 bridgehead atoms. The third-order valence-corrected chi connectivity index (χ3v) is 2.31. The predicted octanol–water partition coefficient (Wildman–Crippen LogP) is 3.47. The Morgan fingerprint density at radius 3 is 3.00 bits per heavy atom. The molecule has 1 aromatic rings. The maximum absolute atomic E-state index is 5.79. The van der Waals surface area contributed by atoms with Gasteiger partial charge in [0.25, 0.3) is 0 Å². The number of fused-ring (bicyclic) bond motifs is 1. The van der Waals surface area contributed by atoms with Crippen LogP contribution in [0, 0.1) is 0 Å². The number of allylic oxidation sites excluding steroid dienone is 1. The second-order valence-electron chi connectivity index (χ2n) is 2.92. The van der Waals surface area contributed by atoms with E-state index in [1.807, 2.05) is 6.07 Å². The van der Waals surface area contributed by atoms with Crippen LogP contribution < -0.4 is 0 Å². The zero-order chi connectivity index (χ0) is 8.55. The van der Waals surface area contributed by atoms with Crippen molar-refractivity contribution in [3.8, 4) is 0 Å². The molecule has 0 N–H and O–H groups in total. The Morgan fingerprint density at radius 2 is 2.25 bits per heavy atom. The molecule has 0 amide bonds. The standard InChI is InChI=1S/C11H9Cl/c1-8(12)10-6-5-9-3-2-4-11(9)7-10/h2-3,5-7H,1,4H2. The van der Waals surface area contributed by atoms with E-state index in [0.717, 1.165) is 12.0 Å². The summed E-state index contributed by atoms with van der Waals surface area (Å²) in [6.07, 6.45) is 5.31. The molecule has 1 aliphatic carbocycles. The van der Waals surface area contributed by atoms with Crippen molar-refractivity contribution in [2.24, 2.45) is 0 Å². The van der Waals surface area contributed by atoms with Crippen molar-refractivity contribution in [2.45, 2.75) is 6.42 Å². The van der Waals surface area contributed by atoms with Crippen molar-refractivity contribution in [3.63, 3.8) is 0 Å². The van der Waals surface area contributed by atoms with Gasteiger partial charge in [-0.25, -0.2) is 0 Å². The summed E-state index contributed by atoms with van der Waals surface area (Å²) in [4.78, 5) is 0. The highest BCUT2D eigenvalue weighted by Gasteiger charge is 2.05. The number of hydrogen-bond donors (Lipinski definition) is 0. The van der Waals surface area contributed by atoms with E-state index in [2.05, 4.69) is 30.9 Å². The summed E-state index contributed by atoms with van der Waals surface area (Å²) in [5.41, 5.74) is 3.67. The summed E-state index contributed by atoms with van der Waals surface area (Å²) < 4.78 is 0. The maximum Gasteiger partial charge on any atom is 0.0406 e. The molecule has 1 heteroatoms. The van der Waals surface area contributed by atoms with Gasteiger partial charge in [-0.2, -0.15) is 0 Å². The van der Waals surface area contributed by atoms with Gasteiger partial charge in [-0.05, 0) is 29.2 Å². The minimum absolute atomic E-state index is 0.615. The van der Waals surface area contributed by atoms with Gasteiger partial charge < -0.3 is 0 Å². The minimum Gasteiger partial charge on any atom is -0.0843 e. The molecule has 2 rings (SSSR count). The number of hydrogen-bond acceptors (Lipinski definition) is 0. The van der Waals surface area contributed by atoms with Gasteiger partial charge in [-0.15, -0.1) is 0 Å². The number of benzene rings is 1. The van der Waals surface area contributed by atoms with E-state index in [1.165, 1.54) is 11.1 Å². The van der Waals surface area contributed by atoms with Crippen LogP contribution in [0.25, 0.3) is 11.1 Å². The minimum atomic E-state index is 0.615. The summed E-state index contributed by atoms with van der Waals surface area (Å²) in [6.45, 7) is 3.70. The van der Waals surface area contributed by atoms with Crippen LogP contribution >= 0.6 is 11.6 Å². The lowest BCUT2D eigenvalue weighted by Crippen LogP contribution is -1.83. The molecule has 1 aliphatic rings. The molecule has 0 aromatic heterocycles. The van der Waals surface area contributed by atoms with E-state index < -0.39 is 0 Å². The Balaban J connectivity index is 2.49. The third-order valence-electron chi connectivity index (χ3n) is 2.09.